The number of aryl methyl sites for hydroxylation is 1. The number of nitrogens with zero attached hydrogens (tertiary/aromatic N) is 1. The zero-order chi connectivity index (χ0) is 20.3. The van der Waals surface area contributed by atoms with Crippen LogP contribution in [-0.2, 0) is 26.1 Å². The van der Waals surface area contributed by atoms with Crippen molar-refractivity contribution >= 4 is 16.0 Å². The van der Waals surface area contributed by atoms with E-state index in [0.717, 1.165) is 11.1 Å². The average Bonchev–Trinajstić information content (AvgIpc) is 2.66. The Morgan fingerprint density at radius 1 is 1.11 bits per heavy atom. The van der Waals surface area contributed by atoms with Crippen molar-refractivity contribution in [3.05, 3.63) is 65.2 Å². The minimum Gasteiger partial charge on any atom is -0.457 e. The molecule has 1 aliphatic rings. The molecule has 6 nitrogen and oxygen atoms in total. The Kier molecular flexibility index (Phi) is 6.17. The van der Waals surface area contributed by atoms with Gasteiger partial charge in [-0.05, 0) is 44.5 Å². The largest absolute Gasteiger partial charge is 0.457 e. The zero-order valence-electron chi connectivity index (χ0n) is 16.3. The minimum atomic E-state index is -3.71. The van der Waals surface area contributed by atoms with E-state index in [-0.39, 0.29) is 42.4 Å². The van der Waals surface area contributed by atoms with Crippen molar-refractivity contribution in [3.8, 4) is 0 Å². The highest BCUT2D eigenvalue weighted by Gasteiger charge is 2.32. The van der Waals surface area contributed by atoms with Gasteiger partial charge in [0.1, 0.15) is 6.61 Å². The number of carbonyl (C=O) groups is 1. The maximum absolute atomic E-state index is 13.0. The first-order valence-electron chi connectivity index (χ1n) is 9.24. The number of morpholine rings is 1. The van der Waals surface area contributed by atoms with Crippen LogP contribution in [0.5, 0.6) is 0 Å². The smallest absolute Gasteiger partial charge is 0.338 e. The van der Waals surface area contributed by atoms with E-state index < -0.39 is 16.0 Å². The summed E-state index contributed by atoms with van der Waals surface area (Å²) in [6, 6.07) is 13.7. The number of carbonyl (C=O) groups excluding carboxylic acids is 1. The Labute approximate surface area is 166 Å². The second-order valence-electron chi connectivity index (χ2n) is 7.17. The molecule has 3 rings (SSSR count). The fraction of sp³-hybridized carbons (Fsp3) is 0.381. The molecule has 0 aliphatic carbocycles. The highest BCUT2D eigenvalue weighted by atomic mass is 32.2. The molecule has 0 spiro atoms. The third-order valence-electron chi connectivity index (χ3n) is 4.58. The molecule has 0 aromatic heterocycles. The number of benzene rings is 2. The summed E-state index contributed by atoms with van der Waals surface area (Å²) < 4.78 is 38.3. The van der Waals surface area contributed by atoms with E-state index in [1.54, 1.807) is 12.1 Å². The van der Waals surface area contributed by atoms with Crippen molar-refractivity contribution in [1.29, 1.82) is 0 Å². The summed E-state index contributed by atoms with van der Waals surface area (Å²) in [4.78, 5) is 12.5. The van der Waals surface area contributed by atoms with E-state index >= 15 is 0 Å². The SMILES string of the molecule is Cc1ccc(COC(=O)c2cccc(S(=O)(=O)N3C[C@@H](C)O[C@H](C)C3)c2)cc1. The van der Waals surface area contributed by atoms with E-state index in [4.69, 9.17) is 9.47 Å². The fourth-order valence-corrected chi connectivity index (χ4v) is 4.81. The van der Waals surface area contributed by atoms with Gasteiger partial charge in [0.2, 0.25) is 10.0 Å². The predicted molar refractivity (Wildman–Crippen MR) is 106 cm³/mol. The lowest BCUT2D eigenvalue weighted by molar-refractivity contribution is -0.0440. The van der Waals surface area contributed by atoms with Gasteiger partial charge >= 0.3 is 5.97 Å². The summed E-state index contributed by atoms with van der Waals surface area (Å²) in [5.41, 5.74) is 2.21. The summed E-state index contributed by atoms with van der Waals surface area (Å²) in [6.45, 7) is 6.38. The normalized spacial score (nSPS) is 20.7. The third kappa shape index (κ3) is 4.79. The Morgan fingerprint density at radius 2 is 1.75 bits per heavy atom. The molecule has 1 aliphatic heterocycles. The van der Waals surface area contributed by atoms with E-state index in [2.05, 4.69) is 0 Å². The van der Waals surface area contributed by atoms with Gasteiger partial charge < -0.3 is 9.47 Å². The molecule has 2 aromatic carbocycles. The van der Waals surface area contributed by atoms with Gasteiger partial charge in [-0.1, -0.05) is 35.9 Å². The number of hydrogen-bond donors (Lipinski definition) is 0. The van der Waals surface area contributed by atoms with Gasteiger partial charge in [-0.3, -0.25) is 0 Å². The maximum atomic E-state index is 13.0. The maximum Gasteiger partial charge on any atom is 0.338 e. The van der Waals surface area contributed by atoms with E-state index in [9.17, 15) is 13.2 Å². The first-order valence-corrected chi connectivity index (χ1v) is 10.7. The average molecular weight is 404 g/mol. The molecule has 2 atom stereocenters. The third-order valence-corrected chi connectivity index (χ3v) is 6.41. The van der Waals surface area contributed by atoms with Crippen molar-refractivity contribution < 1.29 is 22.7 Å². The predicted octanol–water partition coefficient (Wildman–Crippen LogP) is 3.15. The molecule has 150 valence electrons. The summed E-state index contributed by atoms with van der Waals surface area (Å²) >= 11 is 0. The van der Waals surface area contributed by atoms with Crippen molar-refractivity contribution in [2.75, 3.05) is 13.1 Å². The number of ether oxygens (including phenoxy) is 2. The first-order chi connectivity index (χ1) is 13.3. The summed E-state index contributed by atoms with van der Waals surface area (Å²) in [5.74, 6) is -0.554. The topological polar surface area (TPSA) is 72.9 Å². The molecule has 28 heavy (non-hydrogen) atoms. The number of rotatable bonds is 5. The standard InChI is InChI=1S/C21H25NO5S/c1-15-7-9-18(10-8-15)14-26-21(23)19-5-4-6-20(11-19)28(24,25)22-12-16(2)27-17(3)13-22/h4-11,16-17H,12-14H2,1-3H3/t16-,17-/m1/s1. The summed E-state index contributed by atoms with van der Waals surface area (Å²) in [5, 5.41) is 0. The number of hydrogen-bond acceptors (Lipinski definition) is 5. The number of sulfonamides is 1. The monoisotopic (exact) mass is 403 g/mol. The first kappa shape index (κ1) is 20.5. The van der Waals surface area contributed by atoms with Crippen LogP contribution in [0.25, 0.3) is 0 Å². The van der Waals surface area contributed by atoms with Gasteiger partial charge in [0.05, 0.1) is 22.7 Å². The molecule has 1 fully saturated rings. The molecule has 0 radical (unpaired) electrons. The van der Waals surface area contributed by atoms with Gasteiger partial charge in [-0.2, -0.15) is 4.31 Å². The van der Waals surface area contributed by atoms with Crippen LogP contribution in [0.15, 0.2) is 53.4 Å². The Hall–Kier alpha value is -2.22. The Bertz CT molecular complexity index is 930. The molecule has 0 unspecified atom stereocenters. The lowest BCUT2D eigenvalue weighted by atomic mass is 10.2. The molecule has 0 saturated carbocycles. The molecule has 2 aromatic rings. The van der Waals surface area contributed by atoms with E-state index in [0.29, 0.717) is 0 Å². The van der Waals surface area contributed by atoms with Crippen LogP contribution in [0.3, 0.4) is 0 Å². The Balaban J connectivity index is 1.73. The number of esters is 1. The van der Waals surface area contributed by atoms with Crippen LogP contribution in [0.2, 0.25) is 0 Å². The van der Waals surface area contributed by atoms with Gasteiger partial charge in [0, 0.05) is 13.1 Å². The van der Waals surface area contributed by atoms with Crippen molar-refractivity contribution in [1.82, 2.24) is 4.31 Å². The van der Waals surface area contributed by atoms with Crippen molar-refractivity contribution in [2.24, 2.45) is 0 Å². The lowest BCUT2D eigenvalue weighted by Crippen LogP contribution is -2.48. The van der Waals surface area contributed by atoms with E-state index in [1.807, 2.05) is 45.0 Å². The summed E-state index contributed by atoms with van der Waals surface area (Å²) in [6.07, 6.45) is -0.359. The molecule has 1 heterocycles. The van der Waals surface area contributed by atoms with Crippen LogP contribution in [0.4, 0.5) is 0 Å². The summed E-state index contributed by atoms with van der Waals surface area (Å²) in [7, 11) is -3.71. The highest BCUT2D eigenvalue weighted by Crippen LogP contribution is 2.22. The molecular weight excluding hydrogens is 378 g/mol. The van der Waals surface area contributed by atoms with Crippen LogP contribution >= 0.6 is 0 Å². The van der Waals surface area contributed by atoms with Crippen LogP contribution in [0, 0.1) is 6.92 Å². The van der Waals surface area contributed by atoms with E-state index in [1.165, 1.54) is 16.4 Å². The molecule has 7 heteroatoms. The van der Waals surface area contributed by atoms with Crippen LogP contribution < -0.4 is 0 Å². The lowest BCUT2D eigenvalue weighted by Gasteiger charge is -2.34. The van der Waals surface area contributed by atoms with Crippen LogP contribution in [0.1, 0.15) is 35.3 Å². The second kappa shape index (κ2) is 8.43. The minimum absolute atomic E-state index is 0.0820. The molecule has 0 bridgehead atoms. The molecule has 1 saturated heterocycles. The quantitative estimate of drug-likeness (QED) is 0.717. The van der Waals surface area contributed by atoms with Crippen LogP contribution in [-0.4, -0.2) is 44.0 Å². The zero-order valence-corrected chi connectivity index (χ0v) is 17.1. The van der Waals surface area contributed by atoms with Crippen molar-refractivity contribution in [2.45, 2.75) is 44.5 Å². The van der Waals surface area contributed by atoms with Gasteiger partial charge in [-0.15, -0.1) is 0 Å². The molecule has 0 amide bonds. The molecule has 0 N–H and O–H groups in total. The fourth-order valence-electron chi connectivity index (χ4n) is 3.18. The Morgan fingerprint density at radius 3 is 2.39 bits per heavy atom. The highest BCUT2D eigenvalue weighted by molar-refractivity contribution is 7.89. The molecular formula is C21H25NO5S. The van der Waals surface area contributed by atoms with Gasteiger partial charge in [0.15, 0.2) is 0 Å². The van der Waals surface area contributed by atoms with Gasteiger partial charge in [-0.25, -0.2) is 13.2 Å². The second-order valence-corrected chi connectivity index (χ2v) is 9.11. The van der Waals surface area contributed by atoms with Gasteiger partial charge in [0.25, 0.3) is 0 Å². The van der Waals surface area contributed by atoms with Crippen molar-refractivity contribution in [3.63, 3.8) is 0 Å².